The van der Waals surface area contributed by atoms with Crippen molar-refractivity contribution < 1.29 is 23.9 Å². The number of carbonyl (C=O) groups is 3. The van der Waals surface area contributed by atoms with Gasteiger partial charge < -0.3 is 20.1 Å². The Bertz CT molecular complexity index is 1040. The Morgan fingerprint density at radius 1 is 1.21 bits per heavy atom. The average Bonchev–Trinajstić information content (AvgIpc) is 3.22. The molecule has 2 aromatic rings. The van der Waals surface area contributed by atoms with Gasteiger partial charge in [0, 0.05) is 10.7 Å². The number of imide groups is 1. The van der Waals surface area contributed by atoms with E-state index in [4.69, 9.17) is 21.1 Å². The largest absolute Gasteiger partial charge is 0.454 e. The number of anilines is 1. The van der Waals surface area contributed by atoms with Crippen LogP contribution < -0.4 is 20.1 Å². The molecule has 0 spiro atoms. The highest BCUT2D eigenvalue weighted by Crippen LogP contribution is 2.37. The molecule has 0 saturated carbocycles. The van der Waals surface area contributed by atoms with Crippen LogP contribution in [0.2, 0.25) is 5.02 Å². The van der Waals surface area contributed by atoms with Crippen LogP contribution in [0.15, 0.2) is 36.4 Å². The Kier molecular flexibility index (Phi) is 4.58. The summed E-state index contributed by atoms with van der Waals surface area (Å²) in [5.74, 6) is 0.0575. The highest BCUT2D eigenvalue weighted by molar-refractivity contribution is 6.30. The number of urea groups is 1. The second-order valence-corrected chi connectivity index (χ2v) is 7.46. The SMILES string of the molecule is Cc1cc(Cl)ccc1NC(=O)CN1C(=O)N[C@@](C)(c2ccc3c(c2)OCO3)C1=O. The molecule has 2 aliphatic rings. The molecule has 4 amide bonds. The first kappa shape index (κ1) is 19.1. The van der Waals surface area contributed by atoms with Gasteiger partial charge in [0.05, 0.1) is 0 Å². The molecule has 8 nitrogen and oxygen atoms in total. The van der Waals surface area contributed by atoms with Crippen LogP contribution in [0.5, 0.6) is 11.5 Å². The van der Waals surface area contributed by atoms with Crippen LogP contribution in [-0.4, -0.2) is 36.1 Å². The summed E-state index contributed by atoms with van der Waals surface area (Å²) in [5, 5.41) is 5.92. The van der Waals surface area contributed by atoms with Gasteiger partial charge >= 0.3 is 6.03 Å². The number of rotatable bonds is 4. The van der Waals surface area contributed by atoms with Gasteiger partial charge in [0.2, 0.25) is 12.7 Å². The van der Waals surface area contributed by atoms with E-state index >= 15 is 0 Å². The lowest BCUT2D eigenvalue weighted by Crippen LogP contribution is -2.42. The van der Waals surface area contributed by atoms with Gasteiger partial charge in [-0.15, -0.1) is 0 Å². The van der Waals surface area contributed by atoms with Crippen LogP contribution in [0, 0.1) is 6.92 Å². The third-order valence-corrected chi connectivity index (χ3v) is 5.22. The molecule has 0 aliphatic carbocycles. The van der Waals surface area contributed by atoms with Crippen LogP contribution in [0.25, 0.3) is 0 Å². The second-order valence-electron chi connectivity index (χ2n) is 7.02. The van der Waals surface area contributed by atoms with E-state index < -0.39 is 29.9 Å². The first-order valence-corrected chi connectivity index (χ1v) is 9.26. The number of aryl methyl sites for hydroxylation is 1. The lowest BCUT2D eigenvalue weighted by atomic mass is 9.91. The number of halogens is 1. The maximum absolute atomic E-state index is 13.0. The number of fused-ring (bicyclic) bond motifs is 1. The highest BCUT2D eigenvalue weighted by atomic mass is 35.5. The number of nitrogens with zero attached hydrogens (tertiary/aromatic N) is 1. The minimum Gasteiger partial charge on any atom is -0.454 e. The van der Waals surface area contributed by atoms with Gasteiger partial charge in [0.15, 0.2) is 11.5 Å². The standard InChI is InChI=1S/C20H18ClN3O5/c1-11-7-13(21)4-5-14(11)22-17(25)9-24-18(26)20(2,23-19(24)27)12-3-6-15-16(8-12)29-10-28-15/h3-8H,9-10H2,1-2H3,(H,22,25)(H,23,27)/t20-/m0/s1. The molecule has 0 unspecified atom stereocenters. The van der Waals surface area contributed by atoms with Crippen LogP contribution in [0.4, 0.5) is 10.5 Å². The summed E-state index contributed by atoms with van der Waals surface area (Å²) in [4.78, 5) is 38.8. The minimum absolute atomic E-state index is 0.103. The molecule has 4 rings (SSSR count). The van der Waals surface area contributed by atoms with E-state index in [0.717, 1.165) is 10.5 Å². The summed E-state index contributed by atoms with van der Waals surface area (Å²) in [6, 6.07) is 9.40. The molecule has 9 heteroatoms. The van der Waals surface area contributed by atoms with Crippen LogP contribution in [0.1, 0.15) is 18.1 Å². The predicted octanol–water partition coefficient (Wildman–Crippen LogP) is 2.78. The van der Waals surface area contributed by atoms with E-state index in [1.165, 1.54) is 0 Å². The first-order valence-electron chi connectivity index (χ1n) is 8.88. The van der Waals surface area contributed by atoms with E-state index in [1.54, 1.807) is 50.2 Å². The third kappa shape index (κ3) is 3.36. The van der Waals surface area contributed by atoms with Crippen molar-refractivity contribution in [2.24, 2.45) is 0 Å². The van der Waals surface area contributed by atoms with Gasteiger partial charge in [-0.25, -0.2) is 4.79 Å². The number of hydrogen-bond acceptors (Lipinski definition) is 5. The molecule has 2 heterocycles. The summed E-state index contributed by atoms with van der Waals surface area (Å²) in [7, 11) is 0. The van der Waals surface area contributed by atoms with Gasteiger partial charge in [-0.05, 0) is 55.3 Å². The van der Waals surface area contributed by atoms with Crippen LogP contribution in [-0.2, 0) is 15.1 Å². The zero-order valence-corrected chi connectivity index (χ0v) is 16.5. The summed E-state index contributed by atoms with van der Waals surface area (Å²) in [6.07, 6.45) is 0. The van der Waals surface area contributed by atoms with Crippen molar-refractivity contribution in [2.75, 3.05) is 18.7 Å². The lowest BCUT2D eigenvalue weighted by Gasteiger charge is -2.22. The molecule has 1 atom stereocenters. The van der Waals surface area contributed by atoms with E-state index in [0.29, 0.717) is 27.8 Å². The highest BCUT2D eigenvalue weighted by Gasteiger charge is 2.49. The number of ether oxygens (including phenoxy) is 2. The van der Waals surface area contributed by atoms with Crippen molar-refractivity contribution in [3.05, 3.63) is 52.5 Å². The quantitative estimate of drug-likeness (QED) is 0.748. The number of amides is 4. The summed E-state index contributed by atoms with van der Waals surface area (Å²) in [5.41, 5.74) is 0.559. The van der Waals surface area contributed by atoms with Gasteiger partial charge in [-0.2, -0.15) is 0 Å². The van der Waals surface area contributed by atoms with Gasteiger partial charge in [0.1, 0.15) is 12.1 Å². The minimum atomic E-state index is -1.31. The van der Waals surface area contributed by atoms with Crippen molar-refractivity contribution in [3.63, 3.8) is 0 Å². The summed E-state index contributed by atoms with van der Waals surface area (Å²) < 4.78 is 10.6. The molecule has 150 valence electrons. The molecule has 29 heavy (non-hydrogen) atoms. The fourth-order valence-electron chi connectivity index (χ4n) is 3.34. The Balaban J connectivity index is 1.51. The second kappa shape index (κ2) is 6.97. The number of hydrogen-bond donors (Lipinski definition) is 2. The Labute approximate surface area is 171 Å². The van der Waals surface area contributed by atoms with E-state index in [9.17, 15) is 14.4 Å². The Hall–Kier alpha value is -3.26. The Morgan fingerprint density at radius 3 is 2.72 bits per heavy atom. The number of carbonyl (C=O) groups excluding carboxylic acids is 3. The topological polar surface area (TPSA) is 97.0 Å². The van der Waals surface area contributed by atoms with E-state index in [1.807, 2.05) is 0 Å². The predicted molar refractivity (Wildman–Crippen MR) is 105 cm³/mol. The molecular formula is C20H18ClN3O5. The van der Waals surface area contributed by atoms with Crippen LogP contribution >= 0.6 is 11.6 Å². The molecule has 0 radical (unpaired) electrons. The Morgan fingerprint density at radius 2 is 1.97 bits per heavy atom. The monoisotopic (exact) mass is 415 g/mol. The van der Waals surface area contributed by atoms with Crippen molar-refractivity contribution in [1.29, 1.82) is 0 Å². The zero-order valence-electron chi connectivity index (χ0n) is 15.7. The molecule has 2 aromatic carbocycles. The fourth-order valence-corrected chi connectivity index (χ4v) is 3.57. The van der Waals surface area contributed by atoms with Gasteiger partial charge in [0.25, 0.3) is 5.91 Å². The zero-order chi connectivity index (χ0) is 20.8. The van der Waals surface area contributed by atoms with Crippen molar-refractivity contribution in [3.8, 4) is 11.5 Å². The smallest absolute Gasteiger partial charge is 0.325 e. The molecule has 0 bridgehead atoms. The fraction of sp³-hybridized carbons (Fsp3) is 0.250. The molecular weight excluding hydrogens is 398 g/mol. The normalized spacial score (nSPS) is 20.0. The first-order chi connectivity index (χ1) is 13.8. The summed E-state index contributed by atoms with van der Waals surface area (Å²) in [6.45, 7) is 3.08. The molecule has 0 aromatic heterocycles. The molecule has 1 saturated heterocycles. The molecule has 1 fully saturated rings. The molecule has 2 N–H and O–H groups in total. The van der Waals surface area contributed by atoms with E-state index in [-0.39, 0.29) is 6.79 Å². The number of benzene rings is 2. The number of nitrogens with one attached hydrogen (secondary N) is 2. The van der Waals surface area contributed by atoms with Crippen molar-refractivity contribution in [1.82, 2.24) is 10.2 Å². The summed E-state index contributed by atoms with van der Waals surface area (Å²) >= 11 is 5.92. The lowest BCUT2D eigenvalue weighted by molar-refractivity contribution is -0.133. The van der Waals surface area contributed by atoms with Crippen molar-refractivity contribution >= 4 is 35.1 Å². The third-order valence-electron chi connectivity index (χ3n) is 4.99. The molecule has 2 aliphatic heterocycles. The maximum atomic E-state index is 13.0. The average molecular weight is 416 g/mol. The van der Waals surface area contributed by atoms with Crippen molar-refractivity contribution in [2.45, 2.75) is 19.4 Å². The van der Waals surface area contributed by atoms with E-state index in [2.05, 4.69) is 10.6 Å². The van der Waals surface area contributed by atoms with Crippen LogP contribution in [0.3, 0.4) is 0 Å². The maximum Gasteiger partial charge on any atom is 0.325 e. The van der Waals surface area contributed by atoms with Gasteiger partial charge in [-0.3, -0.25) is 14.5 Å². The van der Waals surface area contributed by atoms with Gasteiger partial charge in [-0.1, -0.05) is 17.7 Å².